The summed E-state index contributed by atoms with van der Waals surface area (Å²) in [5.41, 5.74) is 11.8. The molecule has 0 heterocycles. The first-order valence-corrected chi connectivity index (χ1v) is 19.5. The van der Waals surface area contributed by atoms with Crippen molar-refractivity contribution in [2.75, 3.05) is 0 Å². The minimum atomic E-state index is -0.209. The van der Waals surface area contributed by atoms with Crippen LogP contribution in [-0.2, 0) is 39.7 Å². The number of hydrogen-bond acceptors (Lipinski definition) is 2. The molecule has 0 N–H and O–H groups in total. The van der Waals surface area contributed by atoms with Crippen molar-refractivity contribution in [1.82, 2.24) is 0 Å². The van der Waals surface area contributed by atoms with Crippen LogP contribution in [0.4, 0.5) is 0 Å². The maximum absolute atomic E-state index is 13.5. The summed E-state index contributed by atoms with van der Waals surface area (Å²) >= 11 is 0. The Labute approximate surface area is 287 Å². The maximum atomic E-state index is 13.5. The van der Waals surface area contributed by atoms with Gasteiger partial charge in [0.05, 0.1) is 0 Å². The molecule has 0 saturated heterocycles. The minimum Gasteiger partial charge on any atom is -0.299 e. The second kappa shape index (κ2) is 12.3. The van der Waals surface area contributed by atoms with Crippen molar-refractivity contribution < 1.29 is 9.59 Å². The number of rotatable bonds is 8. The molecular weight excluding hydrogens is 572 g/mol. The summed E-state index contributed by atoms with van der Waals surface area (Å²) in [5.74, 6) is 2.69. The van der Waals surface area contributed by atoms with Crippen molar-refractivity contribution in [3.05, 3.63) is 68.8 Å². The van der Waals surface area contributed by atoms with E-state index in [2.05, 4.69) is 93.5 Å². The molecule has 0 radical (unpaired) electrons. The Morgan fingerprint density at radius 1 is 0.638 bits per heavy atom. The van der Waals surface area contributed by atoms with Gasteiger partial charge in [0.25, 0.3) is 0 Å². The third-order valence-electron chi connectivity index (χ3n) is 14.8. The van der Waals surface area contributed by atoms with E-state index in [1.54, 1.807) is 11.1 Å². The molecule has 0 amide bonds. The van der Waals surface area contributed by atoms with Gasteiger partial charge in [-0.2, -0.15) is 0 Å². The summed E-state index contributed by atoms with van der Waals surface area (Å²) < 4.78 is 0. The first-order valence-electron chi connectivity index (χ1n) is 19.5. The van der Waals surface area contributed by atoms with E-state index in [0.717, 1.165) is 57.8 Å². The van der Waals surface area contributed by atoms with E-state index in [9.17, 15) is 9.59 Å². The predicted molar refractivity (Wildman–Crippen MR) is 197 cm³/mol. The molecule has 0 aliphatic heterocycles. The summed E-state index contributed by atoms with van der Waals surface area (Å²) in [6, 6.07) is 10.4. The van der Waals surface area contributed by atoms with E-state index < -0.39 is 0 Å². The fourth-order valence-electron chi connectivity index (χ4n) is 12.2. The van der Waals surface area contributed by atoms with Crippen LogP contribution in [0.15, 0.2) is 24.3 Å². The number of hydrogen-bond donors (Lipinski definition) is 0. The molecule has 256 valence electrons. The number of benzene rings is 2. The molecule has 2 aromatic rings. The van der Waals surface area contributed by atoms with Gasteiger partial charge >= 0.3 is 0 Å². The lowest BCUT2D eigenvalue weighted by Crippen LogP contribution is -2.52. The van der Waals surface area contributed by atoms with Crippen molar-refractivity contribution in [2.24, 2.45) is 22.7 Å². The van der Waals surface area contributed by atoms with Gasteiger partial charge in [-0.05, 0) is 137 Å². The molecule has 0 spiro atoms. The predicted octanol–water partition coefficient (Wildman–Crippen LogP) is 11.5. The van der Waals surface area contributed by atoms with E-state index >= 15 is 0 Å². The number of carbonyl (C=O) groups is 2. The topological polar surface area (TPSA) is 34.1 Å². The fourth-order valence-corrected chi connectivity index (χ4v) is 12.2. The van der Waals surface area contributed by atoms with Crippen LogP contribution in [0.5, 0.6) is 0 Å². The van der Waals surface area contributed by atoms with Crippen molar-refractivity contribution in [1.29, 1.82) is 0 Å². The average Bonchev–Trinajstić information content (AvgIpc) is 3.03. The molecule has 0 bridgehead atoms. The molecule has 2 saturated carbocycles. The highest BCUT2D eigenvalue weighted by atomic mass is 16.1. The lowest BCUT2D eigenvalue weighted by atomic mass is 9.48. The summed E-state index contributed by atoms with van der Waals surface area (Å²) in [5, 5.41) is 0. The zero-order chi connectivity index (χ0) is 34.1. The quantitative estimate of drug-likeness (QED) is 0.289. The number of aryl methyl sites for hydroxylation is 2. The summed E-state index contributed by atoms with van der Waals surface area (Å²) in [6.45, 7) is 23.2. The fraction of sp³-hybridized carbons (Fsp3) is 0.689. The van der Waals surface area contributed by atoms with Gasteiger partial charge in [0, 0.05) is 23.7 Å². The van der Waals surface area contributed by atoms with Gasteiger partial charge in [0.2, 0.25) is 0 Å². The molecule has 2 nitrogen and oxygen atoms in total. The Morgan fingerprint density at radius 3 is 1.36 bits per heavy atom. The van der Waals surface area contributed by atoms with Crippen LogP contribution in [0, 0.1) is 22.7 Å². The lowest BCUT2D eigenvalue weighted by molar-refractivity contribution is -0.136. The molecule has 6 rings (SSSR count). The first kappa shape index (κ1) is 34.6. The molecule has 6 unspecified atom stereocenters. The van der Waals surface area contributed by atoms with Crippen LogP contribution in [0.1, 0.15) is 190 Å². The molecule has 6 atom stereocenters. The molecule has 2 aromatic carbocycles. The van der Waals surface area contributed by atoms with E-state index in [-0.39, 0.29) is 21.7 Å². The first-order chi connectivity index (χ1) is 22.1. The monoisotopic (exact) mass is 636 g/mol. The summed E-state index contributed by atoms with van der Waals surface area (Å²) in [6.07, 6.45) is 13.4. The lowest BCUT2D eigenvalue weighted by Gasteiger charge is -2.55. The Balaban J connectivity index is 1.47. The third-order valence-corrected chi connectivity index (χ3v) is 14.8. The number of Topliss-reactive ketones (excluding diaryl/α,β-unsaturated/α-hetero) is 2. The smallest absolute Gasteiger partial charge is 0.138 e. The largest absolute Gasteiger partial charge is 0.299 e. The van der Waals surface area contributed by atoms with E-state index in [1.807, 2.05) is 0 Å². The van der Waals surface area contributed by atoms with Crippen LogP contribution < -0.4 is 0 Å². The average molecular weight is 637 g/mol. The minimum absolute atomic E-state index is 0.0471. The van der Waals surface area contributed by atoms with Gasteiger partial charge < -0.3 is 0 Å². The molecule has 0 aromatic heterocycles. The molecular formula is C45H64O2. The number of ketones is 2. The highest BCUT2D eigenvalue weighted by Crippen LogP contribution is 2.60. The standard InChI is InChI=1S/C45H64O2/c1-11-40(46)44(9)21-13-19-42(7)36-26-32(34(28(3)4)24-30(36)15-17-38(42)44)23-33-27-37-31(25-35(33)29(5)6)16-18-39-43(37,8)20-14-22-45(39,10)41(47)12-2/h24-29,38-39H,11-23H2,1-10H3. The Morgan fingerprint density at radius 2 is 1.02 bits per heavy atom. The highest BCUT2D eigenvalue weighted by Gasteiger charge is 2.55. The van der Waals surface area contributed by atoms with Crippen molar-refractivity contribution >= 4 is 11.6 Å². The Kier molecular flexibility index (Phi) is 9.05. The highest BCUT2D eigenvalue weighted by molar-refractivity contribution is 5.85. The molecule has 47 heavy (non-hydrogen) atoms. The normalized spacial score (nSPS) is 33.2. The Hall–Kier alpha value is -2.22. The van der Waals surface area contributed by atoms with E-state index in [4.69, 9.17) is 0 Å². The SMILES string of the molecule is CCC(=O)C1(C)CCCC2(C)c3cc(Cc4cc5c(cc4C(C)C)CCC4C(C)(C(=O)CC)CCCC54C)c(C(C)C)cc3CCC12. The van der Waals surface area contributed by atoms with E-state index in [1.165, 1.54) is 46.2 Å². The van der Waals surface area contributed by atoms with Crippen molar-refractivity contribution in [3.8, 4) is 0 Å². The van der Waals surface area contributed by atoms with Crippen LogP contribution >= 0.6 is 0 Å². The van der Waals surface area contributed by atoms with Gasteiger partial charge in [-0.3, -0.25) is 9.59 Å². The Bertz CT molecular complexity index is 1440. The molecule has 2 heteroatoms. The summed E-state index contributed by atoms with van der Waals surface area (Å²) in [4.78, 5) is 26.9. The van der Waals surface area contributed by atoms with Crippen molar-refractivity contribution in [2.45, 2.75) is 175 Å². The van der Waals surface area contributed by atoms with Crippen LogP contribution in [-0.4, -0.2) is 11.6 Å². The van der Waals surface area contributed by atoms with E-state index in [0.29, 0.717) is 48.1 Å². The van der Waals surface area contributed by atoms with Gasteiger partial charge in [-0.25, -0.2) is 0 Å². The molecule has 4 aliphatic carbocycles. The van der Waals surface area contributed by atoms with Gasteiger partial charge in [0.1, 0.15) is 11.6 Å². The van der Waals surface area contributed by atoms with Gasteiger partial charge in [-0.15, -0.1) is 0 Å². The molecule has 4 aliphatic rings. The zero-order valence-corrected chi connectivity index (χ0v) is 31.6. The van der Waals surface area contributed by atoms with Gasteiger partial charge in [-0.1, -0.05) is 106 Å². The second-order valence-electron chi connectivity index (χ2n) is 18.0. The molecule has 2 fully saturated rings. The number of carbonyl (C=O) groups excluding carboxylic acids is 2. The van der Waals surface area contributed by atoms with Gasteiger partial charge in [0.15, 0.2) is 0 Å². The van der Waals surface area contributed by atoms with Crippen LogP contribution in [0.3, 0.4) is 0 Å². The third kappa shape index (κ3) is 5.33. The van der Waals surface area contributed by atoms with Crippen LogP contribution in [0.25, 0.3) is 0 Å². The second-order valence-corrected chi connectivity index (χ2v) is 18.0. The summed E-state index contributed by atoms with van der Waals surface area (Å²) in [7, 11) is 0. The van der Waals surface area contributed by atoms with Crippen molar-refractivity contribution in [3.63, 3.8) is 0 Å². The zero-order valence-electron chi connectivity index (χ0n) is 31.6. The maximum Gasteiger partial charge on any atom is 0.138 e. The van der Waals surface area contributed by atoms with Crippen LogP contribution in [0.2, 0.25) is 0 Å². The number of fused-ring (bicyclic) bond motifs is 6.